The van der Waals surface area contributed by atoms with Crippen LogP contribution in [0.25, 0.3) is 0 Å². The molecule has 0 amide bonds. The molecule has 2 N–H and O–H groups in total. The second-order valence-electron chi connectivity index (χ2n) is 4.98. The molecule has 6 nitrogen and oxygen atoms in total. The molecule has 1 saturated carbocycles. The number of hydrogen-bond donors (Lipinski definition) is 2. The lowest BCUT2D eigenvalue weighted by atomic mass is 10.2. The number of aliphatic imine (C=N–C) groups is 1. The first-order valence-corrected chi connectivity index (χ1v) is 6.89. The molecule has 0 saturated heterocycles. The summed E-state index contributed by atoms with van der Waals surface area (Å²) in [5.74, 6) is 0.787. The lowest BCUT2D eigenvalue weighted by molar-refractivity contribution is -0.384. The summed E-state index contributed by atoms with van der Waals surface area (Å²) in [6, 6.07) is 7.06. The van der Waals surface area contributed by atoms with Gasteiger partial charge >= 0.3 is 0 Å². The Morgan fingerprint density at radius 3 is 2.55 bits per heavy atom. The van der Waals surface area contributed by atoms with Crippen LogP contribution in [0.3, 0.4) is 0 Å². The normalized spacial score (nSPS) is 16.1. The van der Waals surface area contributed by atoms with E-state index in [-0.39, 0.29) is 5.69 Å². The first kappa shape index (κ1) is 14.3. The number of rotatable bonds is 4. The predicted octanol–water partition coefficient (Wildman–Crippen LogP) is 2.20. The molecular weight excluding hydrogens is 256 g/mol. The first-order chi connectivity index (χ1) is 9.69. The lowest BCUT2D eigenvalue weighted by Gasteiger charge is -2.16. The van der Waals surface area contributed by atoms with Crippen LogP contribution in [0.5, 0.6) is 0 Å². The Morgan fingerprint density at radius 1 is 1.35 bits per heavy atom. The minimum Gasteiger partial charge on any atom is -0.354 e. The molecule has 0 spiro atoms. The van der Waals surface area contributed by atoms with Crippen molar-refractivity contribution in [2.75, 3.05) is 7.05 Å². The van der Waals surface area contributed by atoms with Crippen molar-refractivity contribution in [3.63, 3.8) is 0 Å². The standard InChI is InChI=1S/C14H20N4O2/c1-15-14(17-12-4-2-3-5-12)16-10-11-6-8-13(9-7-11)18(19)20/h6-9,12H,2-5,10H2,1H3,(H2,15,16,17). The molecule has 0 aliphatic heterocycles. The van der Waals surface area contributed by atoms with Crippen LogP contribution < -0.4 is 10.6 Å². The molecular formula is C14H20N4O2. The van der Waals surface area contributed by atoms with Crippen molar-refractivity contribution in [1.82, 2.24) is 10.6 Å². The molecule has 1 aromatic rings. The summed E-state index contributed by atoms with van der Waals surface area (Å²) in [5.41, 5.74) is 1.10. The van der Waals surface area contributed by atoms with Crippen LogP contribution in [0.2, 0.25) is 0 Å². The second kappa shape index (κ2) is 6.88. The van der Waals surface area contributed by atoms with Gasteiger partial charge in [0.1, 0.15) is 0 Å². The third kappa shape index (κ3) is 3.94. The van der Waals surface area contributed by atoms with E-state index in [1.165, 1.54) is 37.8 Å². The minimum atomic E-state index is -0.391. The fourth-order valence-corrected chi connectivity index (χ4v) is 2.38. The van der Waals surface area contributed by atoms with Gasteiger partial charge in [-0.3, -0.25) is 15.1 Å². The van der Waals surface area contributed by atoms with E-state index in [9.17, 15) is 10.1 Å². The van der Waals surface area contributed by atoms with E-state index in [1.807, 2.05) is 0 Å². The lowest BCUT2D eigenvalue weighted by Crippen LogP contribution is -2.41. The Bertz CT molecular complexity index is 478. The molecule has 0 atom stereocenters. The molecule has 108 valence electrons. The van der Waals surface area contributed by atoms with E-state index in [4.69, 9.17) is 0 Å². The molecule has 20 heavy (non-hydrogen) atoms. The number of hydrogen-bond acceptors (Lipinski definition) is 3. The third-order valence-corrected chi connectivity index (χ3v) is 3.53. The summed E-state index contributed by atoms with van der Waals surface area (Å²) < 4.78 is 0. The Balaban J connectivity index is 1.84. The number of benzene rings is 1. The highest BCUT2D eigenvalue weighted by atomic mass is 16.6. The van der Waals surface area contributed by atoms with E-state index in [1.54, 1.807) is 19.2 Å². The maximum absolute atomic E-state index is 10.6. The van der Waals surface area contributed by atoms with Gasteiger partial charge in [-0.05, 0) is 18.4 Å². The van der Waals surface area contributed by atoms with Gasteiger partial charge in [-0.25, -0.2) is 0 Å². The van der Waals surface area contributed by atoms with Crippen molar-refractivity contribution in [3.05, 3.63) is 39.9 Å². The molecule has 1 aromatic carbocycles. The van der Waals surface area contributed by atoms with Crippen molar-refractivity contribution < 1.29 is 4.92 Å². The summed E-state index contributed by atoms with van der Waals surface area (Å²) in [7, 11) is 1.75. The number of nitrogens with one attached hydrogen (secondary N) is 2. The summed E-state index contributed by atoms with van der Waals surface area (Å²) >= 11 is 0. The molecule has 0 bridgehead atoms. The number of nitrogens with zero attached hydrogens (tertiary/aromatic N) is 2. The maximum Gasteiger partial charge on any atom is 0.269 e. The molecule has 2 rings (SSSR count). The predicted molar refractivity (Wildman–Crippen MR) is 78.7 cm³/mol. The van der Waals surface area contributed by atoms with Crippen molar-refractivity contribution >= 4 is 11.6 Å². The van der Waals surface area contributed by atoms with Crippen LogP contribution >= 0.6 is 0 Å². The molecule has 1 fully saturated rings. The summed E-state index contributed by atoms with van der Waals surface area (Å²) in [6.07, 6.45) is 4.94. The smallest absolute Gasteiger partial charge is 0.269 e. The van der Waals surface area contributed by atoms with Crippen LogP contribution in [-0.2, 0) is 6.54 Å². The molecule has 6 heteroatoms. The highest BCUT2D eigenvalue weighted by molar-refractivity contribution is 5.79. The van der Waals surface area contributed by atoms with E-state index in [2.05, 4.69) is 15.6 Å². The Hall–Kier alpha value is -2.11. The van der Waals surface area contributed by atoms with Gasteiger partial charge in [0.05, 0.1) is 4.92 Å². The van der Waals surface area contributed by atoms with Gasteiger partial charge in [0.2, 0.25) is 0 Å². The van der Waals surface area contributed by atoms with E-state index in [0.717, 1.165) is 11.5 Å². The zero-order valence-corrected chi connectivity index (χ0v) is 11.6. The van der Waals surface area contributed by atoms with E-state index >= 15 is 0 Å². The summed E-state index contributed by atoms with van der Waals surface area (Å²) in [4.78, 5) is 14.4. The number of guanidine groups is 1. The molecule has 1 aliphatic carbocycles. The quantitative estimate of drug-likeness (QED) is 0.382. The Morgan fingerprint density at radius 2 is 2.00 bits per heavy atom. The van der Waals surface area contributed by atoms with Gasteiger partial charge in [-0.1, -0.05) is 25.0 Å². The highest BCUT2D eigenvalue weighted by Crippen LogP contribution is 2.17. The largest absolute Gasteiger partial charge is 0.354 e. The third-order valence-electron chi connectivity index (χ3n) is 3.53. The van der Waals surface area contributed by atoms with Crippen molar-refractivity contribution in [2.45, 2.75) is 38.3 Å². The fraction of sp³-hybridized carbons (Fsp3) is 0.500. The van der Waals surface area contributed by atoms with Gasteiger partial charge in [0.15, 0.2) is 5.96 Å². The van der Waals surface area contributed by atoms with Crippen molar-refractivity contribution in [1.29, 1.82) is 0 Å². The van der Waals surface area contributed by atoms with Gasteiger partial charge in [-0.2, -0.15) is 0 Å². The second-order valence-corrected chi connectivity index (χ2v) is 4.98. The average molecular weight is 276 g/mol. The minimum absolute atomic E-state index is 0.113. The van der Waals surface area contributed by atoms with Crippen LogP contribution in [0.1, 0.15) is 31.2 Å². The topological polar surface area (TPSA) is 79.6 Å². The monoisotopic (exact) mass is 276 g/mol. The van der Waals surface area contributed by atoms with Gasteiger partial charge in [0, 0.05) is 31.8 Å². The summed E-state index contributed by atoms with van der Waals surface area (Å²) in [6.45, 7) is 0.602. The molecule has 0 heterocycles. The SMILES string of the molecule is CN=C(NCc1ccc([N+](=O)[O-])cc1)NC1CCCC1. The van der Waals surface area contributed by atoms with Crippen LogP contribution in [0.15, 0.2) is 29.3 Å². The van der Waals surface area contributed by atoms with Crippen LogP contribution in [-0.4, -0.2) is 24.0 Å². The molecule has 0 radical (unpaired) electrons. The number of nitro benzene ring substituents is 1. The molecule has 1 aliphatic rings. The Kier molecular flexibility index (Phi) is 4.92. The number of nitro groups is 1. The van der Waals surface area contributed by atoms with E-state index in [0.29, 0.717) is 12.6 Å². The Labute approximate surface area is 118 Å². The molecule has 0 unspecified atom stereocenters. The van der Waals surface area contributed by atoms with Crippen molar-refractivity contribution in [2.24, 2.45) is 4.99 Å². The van der Waals surface area contributed by atoms with Gasteiger partial charge in [-0.15, -0.1) is 0 Å². The fourth-order valence-electron chi connectivity index (χ4n) is 2.38. The molecule has 0 aromatic heterocycles. The van der Waals surface area contributed by atoms with Gasteiger partial charge in [0.25, 0.3) is 5.69 Å². The average Bonchev–Trinajstić information content (AvgIpc) is 2.96. The first-order valence-electron chi connectivity index (χ1n) is 6.89. The van der Waals surface area contributed by atoms with Crippen LogP contribution in [0, 0.1) is 10.1 Å². The summed E-state index contributed by atoms with van der Waals surface area (Å²) in [5, 5.41) is 17.2. The maximum atomic E-state index is 10.6. The zero-order chi connectivity index (χ0) is 14.4. The highest BCUT2D eigenvalue weighted by Gasteiger charge is 2.15. The van der Waals surface area contributed by atoms with Gasteiger partial charge < -0.3 is 10.6 Å². The van der Waals surface area contributed by atoms with Crippen molar-refractivity contribution in [3.8, 4) is 0 Å². The van der Waals surface area contributed by atoms with E-state index < -0.39 is 4.92 Å². The number of non-ortho nitro benzene ring substituents is 1. The zero-order valence-electron chi connectivity index (χ0n) is 11.6. The van der Waals surface area contributed by atoms with Crippen LogP contribution in [0.4, 0.5) is 5.69 Å².